The van der Waals surface area contributed by atoms with Gasteiger partial charge in [-0.05, 0) is 18.2 Å². The van der Waals surface area contributed by atoms with Crippen molar-refractivity contribution in [3.63, 3.8) is 0 Å². The molecular weight excluding hydrogens is 168 g/mol. The van der Waals surface area contributed by atoms with Gasteiger partial charge in [-0.3, -0.25) is 0 Å². The summed E-state index contributed by atoms with van der Waals surface area (Å²) in [5, 5.41) is 8.64. The summed E-state index contributed by atoms with van der Waals surface area (Å²) in [6.07, 6.45) is 0.261. The molecule has 0 bridgehead atoms. The minimum absolute atomic E-state index is 0.523. The highest BCUT2D eigenvalue weighted by atomic mass is 16.5. The SMILES string of the molecule is C=CC(Oc1ccccc1)C(=O)O. The number of carbonyl (C=O) groups is 1. The minimum Gasteiger partial charge on any atom is -0.478 e. The molecule has 13 heavy (non-hydrogen) atoms. The molecule has 0 aliphatic heterocycles. The third-order valence-corrected chi connectivity index (χ3v) is 1.46. The number of carboxylic acids is 1. The van der Waals surface area contributed by atoms with Crippen molar-refractivity contribution >= 4 is 5.97 Å². The molecule has 3 nitrogen and oxygen atoms in total. The quantitative estimate of drug-likeness (QED) is 0.714. The third kappa shape index (κ3) is 2.63. The maximum absolute atomic E-state index is 10.5. The lowest BCUT2D eigenvalue weighted by Gasteiger charge is -2.10. The topological polar surface area (TPSA) is 46.5 Å². The van der Waals surface area contributed by atoms with Gasteiger partial charge in [0.1, 0.15) is 5.75 Å². The molecule has 1 aromatic carbocycles. The lowest BCUT2D eigenvalue weighted by molar-refractivity contribution is -0.142. The lowest BCUT2D eigenvalue weighted by Crippen LogP contribution is -2.24. The van der Waals surface area contributed by atoms with Crippen LogP contribution in [0.15, 0.2) is 43.0 Å². The second-order valence-electron chi connectivity index (χ2n) is 2.43. The van der Waals surface area contributed by atoms with Crippen molar-refractivity contribution in [2.75, 3.05) is 0 Å². The summed E-state index contributed by atoms with van der Waals surface area (Å²) in [5.41, 5.74) is 0. The molecule has 1 N–H and O–H groups in total. The van der Waals surface area contributed by atoms with E-state index in [1.807, 2.05) is 6.07 Å². The van der Waals surface area contributed by atoms with Gasteiger partial charge < -0.3 is 9.84 Å². The van der Waals surface area contributed by atoms with Gasteiger partial charge in [0.2, 0.25) is 6.10 Å². The van der Waals surface area contributed by atoms with E-state index in [0.29, 0.717) is 5.75 Å². The van der Waals surface area contributed by atoms with Gasteiger partial charge in [-0.2, -0.15) is 0 Å². The molecule has 0 aliphatic carbocycles. The van der Waals surface area contributed by atoms with E-state index in [2.05, 4.69) is 6.58 Å². The van der Waals surface area contributed by atoms with E-state index in [4.69, 9.17) is 9.84 Å². The number of hydrogen-bond acceptors (Lipinski definition) is 2. The number of ether oxygens (including phenoxy) is 1. The number of aliphatic carboxylic acids is 1. The highest BCUT2D eigenvalue weighted by Crippen LogP contribution is 2.11. The maximum atomic E-state index is 10.5. The van der Waals surface area contributed by atoms with E-state index >= 15 is 0 Å². The average Bonchev–Trinajstić information content (AvgIpc) is 2.15. The van der Waals surface area contributed by atoms with Gasteiger partial charge in [0.25, 0.3) is 0 Å². The largest absolute Gasteiger partial charge is 0.478 e. The molecule has 0 aliphatic rings. The van der Waals surface area contributed by atoms with Gasteiger partial charge in [-0.1, -0.05) is 24.8 Å². The van der Waals surface area contributed by atoms with E-state index < -0.39 is 12.1 Å². The van der Waals surface area contributed by atoms with Crippen molar-refractivity contribution in [2.24, 2.45) is 0 Å². The number of benzene rings is 1. The highest BCUT2D eigenvalue weighted by Gasteiger charge is 2.13. The molecule has 68 valence electrons. The molecule has 0 saturated heterocycles. The van der Waals surface area contributed by atoms with Gasteiger partial charge in [-0.25, -0.2) is 4.79 Å². The summed E-state index contributed by atoms with van der Waals surface area (Å²) in [6.45, 7) is 3.37. The standard InChI is InChI=1S/C10H10O3/c1-2-9(10(11)12)13-8-6-4-3-5-7-8/h2-7,9H,1H2,(H,11,12). The number of hydrogen-bond donors (Lipinski definition) is 1. The molecule has 1 aromatic rings. The summed E-state index contributed by atoms with van der Waals surface area (Å²) in [6, 6.07) is 8.77. The van der Waals surface area contributed by atoms with Crippen molar-refractivity contribution in [3.05, 3.63) is 43.0 Å². The van der Waals surface area contributed by atoms with Gasteiger partial charge in [0.15, 0.2) is 0 Å². The Bertz CT molecular complexity index is 292. The number of para-hydroxylation sites is 1. The summed E-state index contributed by atoms with van der Waals surface area (Å²) in [7, 11) is 0. The van der Waals surface area contributed by atoms with E-state index in [-0.39, 0.29) is 0 Å². The van der Waals surface area contributed by atoms with Crippen LogP contribution in [0.5, 0.6) is 5.75 Å². The number of rotatable bonds is 4. The van der Waals surface area contributed by atoms with Crippen LogP contribution in [-0.2, 0) is 4.79 Å². The first-order valence-corrected chi connectivity index (χ1v) is 3.81. The Morgan fingerprint density at radius 2 is 2.08 bits per heavy atom. The Balaban J connectivity index is 2.67. The van der Waals surface area contributed by atoms with E-state index in [0.717, 1.165) is 0 Å². The fraction of sp³-hybridized carbons (Fsp3) is 0.100. The van der Waals surface area contributed by atoms with Crippen molar-refractivity contribution in [3.8, 4) is 5.75 Å². The molecular formula is C10H10O3. The maximum Gasteiger partial charge on any atom is 0.349 e. The summed E-state index contributed by atoms with van der Waals surface area (Å²) >= 11 is 0. The molecule has 0 aromatic heterocycles. The lowest BCUT2D eigenvalue weighted by atomic mass is 10.3. The van der Waals surface area contributed by atoms with Gasteiger partial charge in [0.05, 0.1) is 0 Å². The van der Waals surface area contributed by atoms with Crippen LogP contribution < -0.4 is 4.74 Å². The second kappa shape index (κ2) is 4.30. The fourth-order valence-electron chi connectivity index (χ4n) is 0.845. The van der Waals surface area contributed by atoms with E-state index in [9.17, 15) is 4.79 Å². The van der Waals surface area contributed by atoms with Crippen LogP contribution in [0, 0.1) is 0 Å². The second-order valence-corrected chi connectivity index (χ2v) is 2.43. The van der Waals surface area contributed by atoms with Gasteiger partial charge in [-0.15, -0.1) is 0 Å². The molecule has 0 spiro atoms. The Morgan fingerprint density at radius 1 is 1.46 bits per heavy atom. The molecule has 0 fully saturated rings. The number of carboxylic acid groups (broad SMARTS) is 1. The van der Waals surface area contributed by atoms with Crippen LogP contribution in [-0.4, -0.2) is 17.2 Å². The van der Waals surface area contributed by atoms with Crippen molar-refractivity contribution in [1.82, 2.24) is 0 Å². The molecule has 0 saturated carbocycles. The molecule has 0 heterocycles. The Labute approximate surface area is 76.3 Å². The molecule has 0 amide bonds. The third-order valence-electron chi connectivity index (χ3n) is 1.46. The van der Waals surface area contributed by atoms with Gasteiger partial charge >= 0.3 is 5.97 Å². The molecule has 0 radical (unpaired) electrons. The predicted molar refractivity (Wildman–Crippen MR) is 48.7 cm³/mol. The van der Waals surface area contributed by atoms with E-state index in [1.54, 1.807) is 24.3 Å². The molecule has 3 heteroatoms. The van der Waals surface area contributed by atoms with Crippen LogP contribution in [0.4, 0.5) is 0 Å². The van der Waals surface area contributed by atoms with Crippen molar-refractivity contribution in [1.29, 1.82) is 0 Å². The smallest absolute Gasteiger partial charge is 0.349 e. The first kappa shape index (κ1) is 9.32. The van der Waals surface area contributed by atoms with Crippen LogP contribution >= 0.6 is 0 Å². The molecule has 1 unspecified atom stereocenters. The summed E-state index contributed by atoms with van der Waals surface area (Å²) in [5.74, 6) is -0.520. The fourth-order valence-corrected chi connectivity index (χ4v) is 0.845. The first-order chi connectivity index (χ1) is 6.24. The van der Waals surface area contributed by atoms with Crippen LogP contribution in [0.2, 0.25) is 0 Å². The predicted octanol–water partition coefficient (Wildman–Crippen LogP) is 1.70. The first-order valence-electron chi connectivity index (χ1n) is 3.81. The highest BCUT2D eigenvalue weighted by molar-refractivity contribution is 5.74. The summed E-state index contributed by atoms with van der Waals surface area (Å²) < 4.78 is 5.11. The van der Waals surface area contributed by atoms with Gasteiger partial charge in [0, 0.05) is 0 Å². The Morgan fingerprint density at radius 3 is 2.54 bits per heavy atom. The van der Waals surface area contributed by atoms with E-state index in [1.165, 1.54) is 6.08 Å². The van der Waals surface area contributed by atoms with Crippen LogP contribution in [0.25, 0.3) is 0 Å². The molecule has 1 rings (SSSR count). The zero-order chi connectivity index (χ0) is 9.68. The molecule has 1 atom stereocenters. The Kier molecular flexibility index (Phi) is 3.09. The van der Waals surface area contributed by atoms with Crippen molar-refractivity contribution in [2.45, 2.75) is 6.10 Å². The zero-order valence-electron chi connectivity index (χ0n) is 7.01. The van der Waals surface area contributed by atoms with Crippen LogP contribution in [0.1, 0.15) is 0 Å². The normalized spacial score (nSPS) is 11.7. The Hall–Kier alpha value is -1.77. The average molecular weight is 178 g/mol. The summed E-state index contributed by atoms with van der Waals surface area (Å²) in [4.78, 5) is 10.5. The zero-order valence-corrected chi connectivity index (χ0v) is 7.01. The van der Waals surface area contributed by atoms with Crippen molar-refractivity contribution < 1.29 is 14.6 Å². The van der Waals surface area contributed by atoms with Crippen LogP contribution in [0.3, 0.4) is 0 Å². The monoisotopic (exact) mass is 178 g/mol. The minimum atomic E-state index is -1.04.